The molecule has 1 aromatic carbocycles. The highest BCUT2D eigenvalue weighted by Crippen LogP contribution is 2.25. The molecule has 0 aliphatic carbocycles. The molecule has 0 radical (unpaired) electrons. The van der Waals surface area contributed by atoms with Crippen LogP contribution in [-0.2, 0) is 0 Å². The van der Waals surface area contributed by atoms with E-state index >= 15 is 0 Å². The second kappa shape index (κ2) is 7.54. The van der Waals surface area contributed by atoms with E-state index in [9.17, 15) is 0 Å². The molecule has 0 fully saturated rings. The minimum Gasteiger partial charge on any atom is -0.367 e. The largest absolute Gasteiger partial charge is 0.367 e. The van der Waals surface area contributed by atoms with Gasteiger partial charge in [0.1, 0.15) is 0 Å². The molecule has 0 saturated heterocycles. The van der Waals surface area contributed by atoms with Crippen molar-refractivity contribution in [3.8, 4) is 0 Å². The highest BCUT2D eigenvalue weighted by atomic mass is 79.9. The van der Waals surface area contributed by atoms with Crippen molar-refractivity contribution < 1.29 is 0 Å². The van der Waals surface area contributed by atoms with Crippen LogP contribution < -0.4 is 4.90 Å². The number of hydrogen-bond acceptors (Lipinski definition) is 1. The lowest BCUT2D eigenvalue weighted by Crippen LogP contribution is -2.26. The summed E-state index contributed by atoms with van der Waals surface area (Å²) in [4.78, 5) is 2.49. The zero-order valence-corrected chi connectivity index (χ0v) is 12.3. The van der Waals surface area contributed by atoms with E-state index in [4.69, 9.17) is 0 Å². The van der Waals surface area contributed by atoms with E-state index in [1.807, 2.05) is 0 Å². The van der Waals surface area contributed by atoms with Gasteiger partial charge in [-0.3, -0.25) is 0 Å². The Morgan fingerprint density at radius 3 is 2.76 bits per heavy atom. The maximum Gasteiger partial charge on any atom is 0.0442 e. The molecule has 0 unspecified atom stereocenters. The lowest BCUT2D eigenvalue weighted by Gasteiger charge is -2.28. The van der Waals surface area contributed by atoms with Gasteiger partial charge in [0.05, 0.1) is 0 Å². The van der Waals surface area contributed by atoms with Crippen molar-refractivity contribution in [2.75, 3.05) is 18.0 Å². The first kappa shape index (κ1) is 14.3. The van der Waals surface area contributed by atoms with Gasteiger partial charge in [0.2, 0.25) is 0 Å². The summed E-state index contributed by atoms with van der Waals surface area (Å²) in [5.41, 5.74) is 2.77. The van der Waals surface area contributed by atoms with Gasteiger partial charge in [-0.05, 0) is 18.1 Å². The third-order valence-corrected chi connectivity index (χ3v) is 3.18. The van der Waals surface area contributed by atoms with Crippen molar-refractivity contribution >= 4 is 28.7 Å². The Labute approximate surface area is 115 Å². The van der Waals surface area contributed by atoms with Gasteiger partial charge in [0.15, 0.2) is 0 Å². The van der Waals surface area contributed by atoms with Crippen LogP contribution in [0.4, 0.5) is 5.69 Å². The molecule has 1 heterocycles. The fourth-order valence-corrected chi connectivity index (χ4v) is 2.26. The van der Waals surface area contributed by atoms with E-state index in [1.165, 1.54) is 43.5 Å². The fourth-order valence-electron chi connectivity index (χ4n) is 2.26. The molecule has 1 aromatic rings. The SMILES string of the molecule is Br.CCCCCCN1CC=Cc2ccccc21. The number of nitrogens with zero attached hydrogens (tertiary/aromatic N) is 1. The monoisotopic (exact) mass is 295 g/mol. The molecule has 0 spiro atoms. The number of halogens is 1. The van der Waals surface area contributed by atoms with Crippen molar-refractivity contribution in [2.24, 2.45) is 0 Å². The normalized spacial score (nSPS) is 13.1. The topological polar surface area (TPSA) is 3.24 Å². The van der Waals surface area contributed by atoms with Gasteiger partial charge in [-0.15, -0.1) is 17.0 Å². The van der Waals surface area contributed by atoms with Crippen LogP contribution in [0.1, 0.15) is 38.2 Å². The maximum absolute atomic E-state index is 2.49. The van der Waals surface area contributed by atoms with Crippen molar-refractivity contribution in [1.29, 1.82) is 0 Å². The minimum atomic E-state index is 0. The molecule has 0 N–H and O–H groups in total. The van der Waals surface area contributed by atoms with Gasteiger partial charge in [0.25, 0.3) is 0 Å². The number of rotatable bonds is 5. The van der Waals surface area contributed by atoms with E-state index < -0.39 is 0 Å². The van der Waals surface area contributed by atoms with Gasteiger partial charge in [-0.2, -0.15) is 0 Å². The smallest absolute Gasteiger partial charge is 0.0442 e. The molecule has 1 nitrogen and oxygen atoms in total. The second-order valence-electron chi connectivity index (χ2n) is 4.47. The van der Waals surface area contributed by atoms with E-state index in [2.05, 4.69) is 48.2 Å². The number of benzene rings is 1. The highest BCUT2D eigenvalue weighted by molar-refractivity contribution is 8.93. The summed E-state index contributed by atoms with van der Waals surface area (Å²) in [6.07, 6.45) is 9.86. The Hall–Kier alpha value is -0.760. The van der Waals surface area contributed by atoms with Crippen LogP contribution in [0.2, 0.25) is 0 Å². The molecule has 2 rings (SSSR count). The second-order valence-corrected chi connectivity index (χ2v) is 4.47. The molecule has 0 saturated carbocycles. The molecular weight excluding hydrogens is 274 g/mol. The standard InChI is InChI=1S/C15H21N.BrH/c1-2-3-4-7-12-16-13-8-10-14-9-5-6-11-15(14)16;/h5-6,8-11H,2-4,7,12-13H2,1H3;1H. The zero-order valence-electron chi connectivity index (χ0n) is 10.6. The lowest BCUT2D eigenvalue weighted by atomic mass is 10.1. The Kier molecular flexibility index (Phi) is 6.35. The molecule has 0 atom stereocenters. The average Bonchev–Trinajstić information content (AvgIpc) is 2.35. The summed E-state index contributed by atoms with van der Waals surface area (Å²) in [5.74, 6) is 0. The van der Waals surface area contributed by atoms with Crippen LogP contribution >= 0.6 is 17.0 Å². The van der Waals surface area contributed by atoms with E-state index in [-0.39, 0.29) is 17.0 Å². The number of para-hydroxylation sites is 1. The molecule has 94 valence electrons. The predicted molar refractivity (Wildman–Crippen MR) is 82.2 cm³/mol. The van der Waals surface area contributed by atoms with Crippen LogP contribution in [-0.4, -0.2) is 13.1 Å². The fraction of sp³-hybridized carbons (Fsp3) is 0.467. The summed E-state index contributed by atoms with van der Waals surface area (Å²) in [5, 5.41) is 0. The summed E-state index contributed by atoms with van der Waals surface area (Å²) in [6, 6.07) is 8.68. The quantitative estimate of drug-likeness (QED) is 0.713. The molecular formula is C15H22BrN. The van der Waals surface area contributed by atoms with Crippen molar-refractivity contribution in [3.63, 3.8) is 0 Å². The molecule has 0 bridgehead atoms. The van der Waals surface area contributed by atoms with Crippen LogP contribution in [0, 0.1) is 0 Å². The minimum absolute atomic E-state index is 0. The summed E-state index contributed by atoms with van der Waals surface area (Å²) >= 11 is 0. The Bertz CT molecular complexity index is 360. The number of anilines is 1. The molecule has 0 amide bonds. The van der Waals surface area contributed by atoms with Gasteiger partial charge < -0.3 is 4.90 Å². The number of hydrogen-bond donors (Lipinski definition) is 0. The zero-order chi connectivity index (χ0) is 11.2. The summed E-state index contributed by atoms with van der Waals surface area (Å²) in [7, 11) is 0. The Morgan fingerprint density at radius 1 is 1.12 bits per heavy atom. The first-order chi connectivity index (χ1) is 7.92. The molecule has 2 heteroatoms. The first-order valence-electron chi connectivity index (χ1n) is 6.42. The van der Waals surface area contributed by atoms with Gasteiger partial charge >= 0.3 is 0 Å². The highest BCUT2D eigenvalue weighted by Gasteiger charge is 2.10. The van der Waals surface area contributed by atoms with Gasteiger partial charge in [0, 0.05) is 18.8 Å². The van der Waals surface area contributed by atoms with Crippen LogP contribution in [0.15, 0.2) is 30.3 Å². The van der Waals surface area contributed by atoms with Crippen molar-refractivity contribution in [3.05, 3.63) is 35.9 Å². The van der Waals surface area contributed by atoms with Crippen LogP contribution in [0.5, 0.6) is 0 Å². The number of fused-ring (bicyclic) bond motifs is 1. The van der Waals surface area contributed by atoms with E-state index in [0.717, 1.165) is 6.54 Å². The molecule has 1 aliphatic rings. The molecule has 17 heavy (non-hydrogen) atoms. The average molecular weight is 296 g/mol. The maximum atomic E-state index is 2.49. The van der Waals surface area contributed by atoms with Gasteiger partial charge in [-0.1, -0.05) is 56.5 Å². The first-order valence-corrected chi connectivity index (χ1v) is 6.42. The van der Waals surface area contributed by atoms with Crippen molar-refractivity contribution in [1.82, 2.24) is 0 Å². The van der Waals surface area contributed by atoms with Crippen LogP contribution in [0.3, 0.4) is 0 Å². The lowest BCUT2D eigenvalue weighted by molar-refractivity contribution is 0.653. The summed E-state index contributed by atoms with van der Waals surface area (Å²) < 4.78 is 0. The Balaban J connectivity index is 0.00000144. The van der Waals surface area contributed by atoms with Crippen molar-refractivity contribution in [2.45, 2.75) is 32.6 Å². The third kappa shape index (κ3) is 3.88. The van der Waals surface area contributed by atoms with E-state index in [1.54, 1.807) is 0 Å². The number of unbranched alkanes of at least 4 members (excludes halogenated alkanes) is 3. The predicted octanol–water partition coefficient (Wildman–Crippen LogP) is 4.68. The third-order valence-electron chi connectivity index (χ3n) is 3.18. The summed E-state index contributed by atoms with van der Waals surface area (Å²) in [6.45, 7) is 4.53. The Morgan fingerprint density at radius 2 is 1.94 bits per heavy atom. The molecule has 1 aliphatic heterocycles. The van der Waals surface area contributed by atoms with Crippen LogP contribution in [0.25, 0.3) is 6.08 Å². The van der Waals surface area contributed by atoms with E-state index in [0.29, 0.717) is 0 Å². The molecule has 0 aromatic heterocycles. The van der Waals surface area contributed by atoms with Gasteiger partial charge in [-0.25, -0.2) is 0 Å².